The number of amides is 1. The van der Waals surface area contributed by atoms with E-state index in [1.165, 1.54) is 10.9 Å². The van der Waals surface area contributed by atoms with Crippen LogP contribution < -0.4 is 10.1 Å². The Morgan fingerprint density at radius 2 is 0.870 bits per heavy atom. The van der Waals surface area contributed by atoms with Gasteiger partial charge < -0.3 is 29.9 Å². The molecule has 2 atom stereocenters. The second-order valence-electron chi connectivity index (χ2n) is 28.6. The molecule has 8 aromatic carbocycles. The number of ketones is 3. The van der Waals surface area contributed by atoms with Gasteiger partial charge in [0.2, 0.25) is 5.78 Å². The summed E-state index contributed by atoms with van der Waals surface area (Å²) in [5.41, 5.74) is 15.8. The van der Waals surface area contributed by atoms with Gasteiger partial charge in [0.15, 0.2) is 0 Å². The molecular formula is C86H92BrClN10O10. The third-order valence-corrected chi connectivity index (χ3v) is 20.0. The number of aliphatic hydroxyl groups is 1. The van der Waals surface area contributed by atoms with Crippen LogP contribution in [-0.2, 0) is 19.1 Å². The molecule has 12 aromatic rings. The molecule has 2 aliphatic rings. The molecule has 5 heterocycles. The lowest BCUT2D eigenvalue weighted by Gasteiger charge is -2.28. The highest BCUT2D eigenvalue weighted by atomic mass is 79.9. The number of carbonyl (C=O) groups is 6. The van der Waals surface area contributed by atoms with E-state index in [2.05, 4.69) is 155 Å². The first-order chi connectivity index (χ1) is 51.6. The average molecular weight is 1540 g/mol. The number of rotatable bonds is 21. The van der Waals surface area contributed by atoms with E-state index in [9.17, 15) is 33.9 Å². The van der Waals surface area contributed by atoms with Crippen LogP contribution in [0.1, 0.15) is 178 Å². The smallest absolute Gasteiger partial charge is 0.379 e. The number of aryl methyl sites for hydroxylation is 4. The maximum Gasteiger partial charge on any atom is 0.379 e. The van der Waals surface area contributed by atoms with Gasteiger partial charge >= 0.3 is 11.9 Å². The summed E-state index contributed by atoms with van der Waals surface area (Å²) in [6.45, 7) is 29.0. The Kier molecular flexibility index (Phi) is 24.9. The maximum absolute atomic E-state index is 13.3. The number of aromatic nitrogens is 8. The van der Waals surface area contributed by atoms with Crippen LogP contribution in [0.15, 0.2) is 168 Å². The zero-order valence-corrected chi connectivity index (χ0v) is 65.6. The SMILES string of the molecule is CCOC(=O)C(=O)c1ccc(-c2ccc3c(c2)c(C)nn3C(C)C)cc1.Cc1nn(C(C)C)c2ccc(-c3ccc(C(=O)C(=O)N[C@H](CN4CCCC4)[C@H](O)c4ccc(OC5CC5)c(Cl)c4)cc3)cc12.Cc1nn(C(C)C)c2ccc(-c3ccc(C(=O)C(=O)O)cc3)cc12.Cc1nn(C(C)C)c2ccc(Br)cc12. The lowest BCUT2D eigenvalue weighted by atomic mass is 9.99. The number of fused-ring (bicyclic) bond motifs is 4. The van der Waals surface area contributed by atoms with E-state index >= 15 is 0 Å². The number of hydrogen-bond donors (Lipinski definition) is 3. The molecule has 1 aliphatic heterocycles. The summed E-state index contributed by atoms with van der Waals surface area (Å²) in [5, 5.41) is 46.3. The zero-order valence-electron chi connectivity index (χ0n) is 63.2. The topological polar surface area (TPSA) is 248 Å². The summed E-state index contributed by atoms with van der Waals surface area (Å²) < 4.78 is 19.8. The number of carbonyl (C=O) groups excluding carboxylic acids is 5. The number of carboxylic acids is 1. The molecule has 0 bridgehead atoms. The molecule has 1 amide bonds. The van der Waals surface area contributed by atoms with Gasteiger partial charge in [-0.25, -0.2) is 9.59 Å². The number of benzene rings is 8. The van der Waals surface area contributed by atoms with Crippen molar-refractivity contribution in [3.8, 4) is 39.1 Å². The van der Waals surface area contributed by atoms with Crippen molar-refractivity contribution in [3.63, 3.8) is 0 Å². The van der Waals surface area contributed by atoms with Gasteiger partial charge in [-0.3, -0.25) is 37.9 Å². The van der Waals surface area contributed by atoms with E-state index in [4.69, 9.17) is 26.2 Å². The van der Waals surface area contributed by atoms with Crippen LogP contribution in [-0.4, -0.2) is 128 Å². The largest absolute Gasteiger partial charge is 0.489 e. The number of Topliss-reactive ketones (excluding diaryl/α,β-unsaturated/α-hetero) is 3. The fourth-order valence-electron chi connectivity index (χ4n) is 13.4. The molecule has 108 heavy (non-hydrogen) atoms. The van der Waals surface area contributed by atoms with Gasteiger partial charge in [0.05, 0.1) is 68.6 Å². The first-order valence-corrected chi connectivity index (χ1v) is 37.9. The third-order valence-electron chi connectivity index (χ3n) is 19.3. The Morgan fingerprint density at radius 1 is 0.500 bits per heavy atom. The quantitative estimate of drug-likeness (QED) is 0.0344. The predicted molar refractivity (Wildman–Crippen MR) is 428 cm³/mol. The van der Waals surface area contributed by atoms with E-state index in [-0.39, 0.29) is 35.9 Å². The van der Waals surface area contributed by atoms with Crippen molar-refractivity contribution in [1.29, 1.82) is 0 Å². The zero-order chi connectivity index (χ0) is 77.5. The molecule has 20 nitrogen and oxygen atoms in total. The van der Waals surface area contributed by atoms with Crippen molar-refractivity contribution >= 4 is 106 Å². The molecule has 0 spiro atoms. The van der Waals surface area contributed by atoms with Crippen LogP contribution in [0.2, 0.25) is 5.02 Å². The highest BCUT2D eigenvalue weighted by Crippen LogP contribution is 2.36. The van der Waals surface area contributed by atoms with Gasteiger partial charge in [-0.15, -0.1) is 0 Å². The molecule has 1 saturated heterocycles. The van der Waals surface area contributed by atoms with Gasteiger partial charge in [-0.2, -0.15) is 20.4 Å². The monoisotopic (exact) mass is 1540 g/mol. The van der Waals surface area contributed by atoms with Crippen molar-refractivity contribution in [2.24, 2.45) is 0 Å². The minimum atomic E-state index is -1.44. The summed E-state index contributed by atoms with van der Waals surface area (Å²) in [6.07, 6.45) is 3.30. The van der Waals surface area contributed by atoms with E-state index in [0.29, 0.717) is 40.5 Å². The molecule has 0 radical (unpaired) electrons. The van der Waals surface area contributed by atoms with E-state index < -0.39 is 47.3 Å². The van der Waals surface area contributed by atoms with Crippen molar-refractivity contribution in [1.82, 2.24) is 49.3 Å². The number of nitrogens with zero attached hydrogens (tertiary/aromatic N) is 9. The number of aliphatic hydroxyl groups excluding tert-OH is 1. The number of esters is 1. The first-order valence-electron chi connectivity index (χ1n) is 36.7. The Balaban J connectivity index is 0.000000155. The summed E-state index contributed by atoms with van der Waals surface area (Å²) >= 11 is 9.95. The fraction of sp³-hybridized carbons (Fsp3) is 0.326. The second kappa shape index (κ2) is 34.2. The van der Waals surface area contributed by atoms with Crippen LogP contribution in [0.3, 0.4) is 0 Å². The lowest BCUT2D eigenvalue weighted by molar-refractivity contribution is -0.137. The lowest BCUT2D eigenvalue weighted by Crippen LogP contribution is -2.48. The third kappa shape index (κ3) is 18.0. The Bertz CT molecular complexity index is 5320. The van der Waals surface area contributed by atoms with E-state index in [0.717, 1.165) is 132 Å². The van der Waals surface area contributed by atoms with Crippen LogP contribution in [0.5, 0.6) is 5.75 Å². The fourth-order valence-corrected chi connectivity index (χ4v) is 14.0. The van der Waals surface area contributed by atoms with Crippen LogP contribution in [0, 0.1) is 27.7 Å². The number of nitrogens with one attached hydrogen (secondary N) is 1. The summed E-state index contributed by atoms with van der Waals surface area (Å²) in [4.78, 5) is 74.5. The molecule has 1 saturated carbocycles. The minimum Gasteiger partial charge on any atom is -0.489 e. The number of aliphatic carboxylic acids is 1. The standard InChI is InChI=1S/C35H39ClN4O4.C21H22N2O3.C19H18N2O3.C11H13BrN2/c1-21(2)40-31-14-10-25(18-28(31)22(3)38-40)23-6-8-24(9-7-23)34(42)35(43)37-30(20-39-16-4-5-17-39)33(41)26-11-15-32(29(36)19-26)44-27-12-13-27;1-5-26-21(25)20(24)16-8-6-15(7-9-16)17-10-11-19-18(12-17)14(4)22-23(19)13(2)3;1-11(2)21-17-9-8-15(10-16(17)12(3)20-21)13-4-6-14(7-5-13)18(22)19(23)24;1-7(2)14-11-5-4-9(12)6-10(11)8(3)13-14/h6-11,14-15,18-19,21,27,30,33,41H,4-5,12-13,16-17,20H2,1-3H3,(H,37,43);6-13H,5H2,1-4H3;4-11H,1-3H3,(H,23,24);4-7H,1-3H3/t30-,33-;;;/m1.../s1. The molecule has 560 valence electrons. The normalized spacial score (nSPS) is 13.5. The molecule has 0 unspecified atom stereocenters. The number of ether oxygens (including phenoxy) is 2. The summed E-state index contributed by atoms with van der Waals surface area (Å²) in [7, 11) is 0. The van der Waals surface area contributed by atoms with Crippen LogP contribution in [0.4, 0.5) is 0 Å². The number of halogens is 2. The molecule has 3 N–H and O–H groups in total. The number of hydrogen-bond acceptors (Lipinski definition) is 14. The van der Waals surface area contributed by atoms with Crippen molar-refractivity contribution in [2.45, 2.75) is 158 Å². The van der Waals surface area contributed by atoms with Gasteiger partial charge in [-0.05, 0) is 234 Å². The molecule has 2 fully saturated rings. The second-order valence-corrected chi connectivity index (χ2v) is 30.0. The average Bonchev–Trinajstić information content (AvgIpc) is 1.63. The van der Waals surface area contributed by atoms with E-state index in [1.54, 1.807) is 73.7 Å². The molecule has 14 rings (SSSR count). The van der Waals surface area contributed by atoms with Crippen molar-refractivity contribution in [2.75, 3.05) is 26.2 Å². The minimum absolute atomic E-state index is 0.177. The van der Waals surface area contributed by atoms with Gasteiger partial charge in [-0.1, -0.05) is 125 Å². The highest BCUT2D eigenvalue weighted by Gasteiger charge is 2.31. The Labute approximate surface area is 642 Å². The molecular weight excluding hydrogens is 1450 g/mol. The first kappa shape index (κ1) is 78.6. The maximum atomic E-state index is 13.3. The Hall–Kier alpha value is -10.5. The van der Waals surface area contributed by atoms with E-state index in [1.807, 2.05) is 90.3 Å². The van der Waals surface area contributed by atoms with Crippen LogP contribution in [0.25, 0.3) is 77.0 Å². The summed E-state index contributed by atoms with van der Waals surface area (Å²) in [5.74, 6) is -4.59. The number of carboxylic acid groups (broad SMARTS) is 1. The predicted octanol–water partition coefficient (Wildman–Crippen LogP) is 18.2. The van der Waals surface area contributed by atoms with Gasteiger partial charge in [0.25, 0.3) is 17.5 Å². The summed E-state index contributed by atoms with van der Waals surface area (Å²) in [6, 6.07) is 51.3. The van der Waals surface area contributed by atoms with Crippen molar-refractivity contribution in [3.05, 3.63) is 218 Å². The highest BCUT2D eigenvalue weighted by molar-refractivity contribution is 9.10. The van der Waals surface area contributed by atoms with Crippen LogP contribution >= 0.6 is 27.5 Å². The number of likely N-dealkylation sites (tertiary alicyclic amines) is 1. The van der Waals surface area contributed by atoms with Gasteiger partial charge in [0.1, 0.15) is 11.9 Å². The molecule has 4 aromatic heterocycles. The van der Waals surface area contributed by atoms with Gasteiger partial charge in [0, 0.05) is 73.4 Å². The Morgan fingerprint density at radius 3 is 1.24 bits per heavy atom. The van der Waals surface area contributed by atoms with Crippen molar-refractivity contribution < 1.29 is 48.5 Å². The molecule has 22 heteroatoms. The molecule has 1 aliphatic carbocycles.